The van der Waals surface area contributed by atoms with Crippen LogP contribution in [-0.4, -0.2) is 52.8 Å². The molecule has 1 saturated carbocycles. The summed E-state index contributed by atoms with van der Waals surface area (Å²) in [6.45, 7) is 8.97. The highest BCUT2D eigenvalue weighted by molar-refractivity contribution is 6.15. The first-order valence-electron chi connectivity index (χ1n) is 13.3. The van der Waals surface area contributed by atoms with Gasteiger partial charge in [-0.05, 0) is 49.2 Å². The van der Waals surface area contributed by atoms with E-state index in [1.54, 1.807) is 24.3 Å². The molecule has 2 aliphatic rings. The molecule has 0 bridgehead atoms. The molecule has 198 valence electrons. The molecule has 2 fully saturated rings. The maximum atomic E-state index is 8.26. The smallest absolute Gasteiger partial charge is 0.138 e. The van der Waals surface area contributed by atoms with Crippen LogP contribution in [0.2, 0.25) is 0 Å². The van der Waals surface area contributed by atoms with Crippen LogP contribution in [0.4, 0.5) is 11.6 Å². The molecule has 0 radical (unpaired) electrons. The molecule has 1 aliphatic heterocycles. The van der Waals surface area contributed by atoms with E-state index in [1.165, 1.54) is 64.6 Å². The fourth-order valence-electron chi connectivity index (χ4n) is 4.62. The largest absolute Gasteiger partial charge is 0.457 e. The summed E-state index contributed by atoms with van der Waals surface area (Å²) in [5.41, 5.74) is 12.8. The van der Waals surface area contributed by atoms with Crippen LogP contribution in [0, 0.1) is 5.41 Å². The highest BCUT2D eigenvalue weighted by Gasteiger charge is 2.21. The normalized spacial score (nSPS) is 15.9. The van der Waals surface area contributed by atoms with Gasteiger partial charge in [-0.1, -0.05) is 51.3 Å². The Kier molecular flexibility index (Phi) is 11.3. The zero-order valence-electron chi connectivity index (χ0n) is 22.1. The second-order valence-electron chi connectivity index (χ2n) is 8.91. The van der Waals surface area contributed by atoms with Crippen molar-refractivity contribution in [2.45, 2.75) is 52.0 Å². The van der Waals surface area contributed by atoms with Gasteiger partial charge in [0.05, 0.1) is 11.3 Å². The zero-order chi connectivity index (χ0) is 26.5. The molecule has 6 N–H and O–H groups in total. The second kappa shape index (κ2) is 14.9. The van der Waals surface area contributed by atoms with E-state index in [0.29, 0.717) is 16.9 Å². The minimum Gasteiger partial charge on any atom is -0.457 e. The minimum absolute atomic E-state index is 0.173. The molecule has 1 aliphatic carbocycles. The Hall–Kier alpha value is -3.49. The maximum Gasteiger partial charge on any atom is 0.138 e. The zero-order valence-corrected chi connectivity index (χ0v) is 22.1. The number of rotatable bonds is 5. The maximum absolute atomic E-state index is 8.26. The van der Waals surface area contributed by atoms with Crippen LogP contribution in [0.15, 0.2) is 60.9 Å². The Bertz CT molecular complexity index is 1040. The third kappa shape index (κ3) is 8.27. The predicted molar refractivity (Wildman–Crippen MR) is 152 cm³/mol. The summed E-state index contributed by atoms with van der Waals surface area (Å²) in [6.07, 6.45) is 8.60. The number of nitrogens with two attached hydrogens (primary N) is 2. The van der Waals surface area contributed by atoms with E-state index in [-0.39, 0.29) is 17.3 Å². The van der Waals surface area contributed by atoms with Crippen molar-refractivity contribution in [3.8, 4) is 11.5 Å². The Labute approximate surface area is 221 Å². The lowest BCUT2D eigenvalue weighted by atomic mass is 9.94. The monoisotopic (exact) mass is 503 g/mol. The summed E-state index contributed by atoms with van der Waals surface area (Å²) < 4.78 is 5.72. The lowest BCUT2D eigenvalue weighted by molar-refractivity contribution is 0.139. The fraction of sp³-hybridized carbons (Fsp3) is 0.414. The van der Waals surface area contributed by atoms with Gasteiger partial charge in [-0.3, -0.25) is 10.3 Å². The van der Waals surface area contributed by atoms with E-state index in [4.69, 9.17) is 21.6 Å². The second-order valence-corrected chi connectivity index (χ2v) is 8.91. The number of nitrogen functional groups attached to an aromatic ring is 2. The molecular weight excluding hydrogens is 462 g/mol. The molecule has 37 heavy (non-hydrogen) atoms. The van der Waals surface area contributed by atoms with Crippen molar-refractivity contribution in [2.75, 3.05) is 37.6 Å². The van der Waals surface area contributed by atoms with E-state index in [2.05, 4.69) is 20.2 Å². The Morgan fingerprint density at radius 1 is 0.865 bits per heavy atom. The average molecular weight is 504 g/mol. The van der Waals surface area contributed by atoms with Gasteiger partial charge in [-0.15, -0.1) is 0 Å². The first kappa shape index (κ1) is 28.1. The number of anilines is 2. The van der Waals surface area contributed by atoms with E-state index in [9.17, 15) is 0 Å². The molecule has 2 aromatic carbocycles. The van der Waals surface area contributed by atoms with Crippen molar-refractivity contribution in [1.82, 2.24) is 20.2 Å². The van der Waals surface area contributed by atoms with Gasteiger partial charge in [0.1, 0.15) is 29.5 Å². The van der Waals surface area contributed by atoms with Gasteiger partial charge in [0.25, 0.3) is 0 Å². The Morgan fingerprint density at radius 3 is 2.03 bits per heavy atom. The van der Waals surface area contributed by atoms with Crippen LogP contribution in [-0.2, 0) is 0 Å². The molecule has 0 atom stereocenters. The van der Waals surface area contributed by atoms with Gasteiger partial charge < -0.3 is 21.5 Å². The minimum atomic E-state index is 0.173. The number of hydrogen-bond acceptors (Lipinski definition) is 8. The number of hydrogen-bond donors (Lipinski definition) is 4. The number of aromatic nitrogens is 2. The lowest BCUT2D eigenvalue weighted by Gasteiger charge is -2.36. The third-order valence-electron chi connectivity index (χ3n) is 6.52. The quantitative estimate of drug-likeness (QED) is 0.357. The molecule has 1 aromatic heterocycles. The van der Waals surface area contributed by atoms with E-state index in [1.807, 2.05) is 44.2 Å². The molecule has 0 unspecified atom stereocenters. The Balaban J connectivity index is 0.000000228. The number of nitrogens with one attached hydrogen (secondary N) is 2. The molecule has 1 saturated heterocycles. The van der Waals surface area contributed by atoms with Gasteiger partial charge in [0.15, 0.2) is 0 Å². The van der Waals surface area contributed by atoms with Crippen LogP contribution in [0.3, 0.4) is 0 Å². The number of benzene rings is 2. The van der Waals surface area contributed by atoms with E-state index < -0.39 is 0 Å². The van der Waals surface area contributed by atoms with Crippen LogP contribution in [0.5, 0.6) is 11.5 Å². The topological polar surface area (TPSA) is 126 Å². The van der Waals surface area contributed by atoms with Gasteiger partial charge in [0.2, 0.25) is 0 Å². The number of ether oxygens (including phenoxy) is 1. The van der Waals surface area contributed by atoms with Crippen molar-refractivity contribution < 1.29 is 4.74 Å². The summed E-state index contributed by atoms with van der Waals surface area (Å²) in [7, 11) is 0. The molecule has 5 rings (SSSR count). The number of nitrogens with zero attached hydrogens (tertiary/aromatic N) is 3. The summed E-state index contributed by atoms with van der Waals surface area (Å²) in [4.78, 5) is 10.5. The van der Waals surface area contributed by atoms with Crippen LogP contribution < -0.4 is 21.5 Å². The molecule has 0 amide bonds. The lowest BCUT2D eigenvalue weighted by Crippen LogP contribution is -2.48. The van der Waals surface area contributed by atoms with E-state index >= 15 is 0 Å². The van der Waals surface area contributed by atoms with E-state index in [0.717, 1.165) is 11.8 Å². The van der Waals surface area contributed by atoms with Crippen molar-refractivity contribution in [3.05, 3.63) is 72.1 Å². The van der Waals surface area contributed by atoms with Crippen molar-refractivity contribution in [3.63, 3.8) is 0 Å². The standard InChI is InChI=1S/C17H15N5O.C10H20N2.C2H6/c18-15(14-16(19)21-10-22-17(14)20)11-6-8-13(9-7-11)23-12-4-2-1-3-5-12;1-2-4-10(5-3-1)12-8-6-11-7-9-12;1-2/h1-10,18H,(H4,19,20,21,22);10-11H,1-9H2;1-2H3. The highest BCUT2D eigenvalue weighted by Crippen LogP contribution is 2.24. The van der Waals surface area contributed by atoms with Crippen LogP contribution >= 0.6 is 0 Å². The molecule has 3 aromatic rings. The van der Waals surface area contributed by atoms with Gasteiger partial charge in [-0.2, -0.15) is 0 Å². The van der Waals surface area contributed by atoms with Gasteiger partial charge in [0, 0.05) is 37.8 Å². The summed E-state index contributed by atoms with van der Waals surface area (Å²) in [5, 5.41) is 11.7. The van der Waals surface area contributed by atoms with Crippen molar-refractivity contribution in [2.24, 2.45) is 0 Å². The molecule has 0 spiro atoms. The van der Waals surface area contributed by atoms with Gasteiger partial charge >= 0.3 is 0 Å². The number of para-hydroxylation sites is 1. The molecular formula is C29H41N7O. The summed E-state index contributed by atoms with van der Waals surface area (Å²) >= 11 is 0. The first-order valence-corrected chi connectivity index (χ1v) is 13.3. The SMILES string of the molecule is C1CCC(N2CCNCC2)CC1.CC.N=C(c1ccc(Oc2ccccc2)cc1)c1c(N)ncnc1N. The number of piperazine rings is 1. The van der Waals surface area contributed by atoms with Crippen LogP contribution in [0.1, 0.15) is 57.1 Å². The predicted octanol–water partition coefficient (Wildman–Crippen LogP) is 5.10. The first-order chi connectivity index (χ1) is 18.1. The van der Waals surface area contributed by atoms with Crippen molar-refractivity contribution in [1.29, 1.82) is 5.41 Å². The third-order valence-corrected chi connectivity index (χ3v) is 6.52. The molecule has 8 nitrogen and oxygen atoms in total. The molecule has 8 heteroatoms. The fourth-order valence-corrected chi connectivity index (χ4v) is 4.62. The summed E-state index contributed by atoms with van der Waals surface area (Å²) in [6, 6.07) is 17.5. The van der Waals surface area contributed by atoms with Crippen LogP contribution in [0.25, 0.3) is 0 Å². The Morgan fingerprint density at radius 2 is 1.43 bits per heavy atom. The van der Waals surface area contributed by atoms with Crippen molar-refractivity contribution >= 4 is 17.3 Å². The molecule has 2 heterocycles. The highest BCUT2D eigenvalue weighted by atomic mass is 16.5. The average Bonchev–Trinajstić information content (AvgIpc) is 2.96. The summed E-state index contributed by atoms with van der Waals surface area (Å²) in [5.74, 6) is 1.80. The van der Waals surface area contributed by atoms with Gasteiger partial charge in [-0.25, -0.2) is 9.97 Å².